The number of nitrogens with one attached hydrogen (secondary N) is 4. The molecule has 6 atom stereocenters. The first-order chi connectivity index (χ1) is 36.8. The zero-order valence-corrected chi connectivity index (χ0v) is 45.2. The van der Waals surface area contributed by atoms with Gasteiger partial charge in [-0.3, -0.25) is 28.7 Å². The minimum Gasteiger partial charge on any atom is -0.508 e. The van der Waals surface area contributed by atoms with Gasteiger partial charge in [-0.25, -0.2) is 4.98 Å². The Morgan fingerprint density at radius 1 is 0.844 bits per heavy atom. The second-order valence-corrected chi connectivity index (χ2v) is 21.5. The molecule has 19 heteroatoms. The van der Waals surface area contributed by atoms with Crippen LogP contribution in [0.1, 0.15) is 130 Å². The largest absolute Gasteiger partial charge is 0.508 e. The fourth-order valence-corrected chi connectivity index (χ4v) is 10.5. The first-order valence-electron chi connectivity index (χ1n) is 26.5. The maximum atomic E-state index is 14.4. The number of rotatable bonds is 20. The molecule has 6 aromatic rings. The molecule has 77 heavy (non-hydrogen) atoms. The number of fused-ring (bicyclic) bond motifs is 1. The Hall–Kier alpha value is -7.64. The van der Waals surface area contributed by atoms with Gasteiger partial charge >= 0.3 is 7.12 Å². The average molecular weight is 1050 g/mol. The molecule has 1 saturated carbocycles. The van der Waals surface area contributed by atoms with E-state index in [2.05, 4.69) is 83.0 Å². The summed E-state index contributed by atoms with van der Waals surface area (Å²) in [6, 6.07) is 25.2. The molecule has 404 valence electrons. The second kappa shape index (κ2) is 23.7. The van der Waals surface area contributed by atoms with E-state index in [0.717, 1.165) is 12.0 Å². The molecule has 0 spiro atoms. The zero-order valence-electron chi connectivity index (χ0n) is 45.2. The number of hydrogen-bond acceptors (Lipinski definition) is 13. The maximum Gasteiger partial charge on any atom is 0.481 e. The van der Waals surface area contributed by atoms with Crippen molar-refractivity contribution in [3.63, 3.8) is 0 Å². The standard InChI is InChI=1S/C58H70BN9O9/c1-10-61-56(74)52-67-66-51(44-31-43(35(4)5)47(69)32-48(44)70)68(52)40-18-22-42(23-19-40)75-41-20-16-39(17-21-41)53(71)63-25-24-58-37(7)57(8,9)36(6)29-49(58)76-59(77-58)50(28-34(2)3)65-54(72)45(30-38-14-12-11-13-15-38)64-55(73)46-33-60-26-27-62-46/h11-23,26-27,31-37,45,49-50,69-70H,10,24-25,28-30H2,1-9H3,(H,61,74)(H,63,71)(H,64,73)(H,65,72)/t36-,37+,45+,49+,50-,58-/m1/s1. The van der Waals surface area contributed by atoms with E-state index in [9.17, 15) is 29.4 Å². The number of carbonyl (C=O) groups excluding carboxylic acids is 4. The van der Waals surface area contributed by atoms with Crippen molar-refractivity contribution in [3.8, 4) is 40.1 Å². The summed E-state index contributed by atoms with van der Waals surface area (Å²) in [4.78, 5) is 62.9. The van der Waals surface area contributed by atoms with Gasteiger partial charge in [-0.2, -0.15) is 0 Å². The Labute approximate surface area is 450 Å². The highest BCUT2D eigenvalue weighted by Crippen LogP contribution is 2.56. The Morgan fingerprint density at radius 3 is 2.19 bits per heavy atom. The summed E-state index contributed by atoms with van der Waals surface area (Å²) < 4.78 is 21.8. The molecule has 4 amide bonds. The van der Waals surface area contributed by atoms with E-state index < -0.39 is 36.5 Å². The molecule has 3 heterocycles. The van der Waals surface area contributed by atoms with Crippen LogP contribution in [0, 0.1) is 23.2 Å². The molecule has 6 N–H and O–H groups in total. The molecular weight excluding hydrogens is 978 g/mol. The molecule has 4 aromatic carbocycles. The Kier molecular flexibility index (Phi) is 17.1. The molecule has 1 saturated heterocycles. The fourth-order valence-electron chi connectivity index (χ4n) is 10.5. The predicted octanol–water partition coefficient (Wildman–Crippen LogP) is 8.38. The van der Waals surface area contributed by atoms with Crippen LogP contribution in [0.2, 0.25) is 0 Å². The third-order valence-corrected chi connectivity index (χ3v) is 15.4. The van der Waals surface area contributed by atoms with Gasteiger partial charge in [0.1, 0.15) is 34.7 Å². The molecule has 2 aromatic heterocycles. The molecular formula is C58H70BN9O9. The number of benzene rings is 4. The van der Waals surface area contributed by atoms with E-state index in [0.29, 0.717) is 59.8 Å². The zero-order chi connectivity index (χ0) is 55.2. The van der Waals surface area contributed by atoms with Crippen LogP contribution in [0.15, 0.2) is 110 Å². The lowest BCUT2D eigenvalue weighted by Crippen LogP contribution is -2.59. The van der Waals surface area contributed by atoms with Crippen molar-refractivity contribution in [2.45, 2.75) is 118 Å². The van der Waals surface area contributed by atoms with Crippen molar-refractivity contribution < 1.29 is 43.4 Å². The highest BCUT2D eigenvalue weighted by molar-refractivity contribution is 6.48. The summed E-state index contributed by atoms with van der Waals surface area (Å²) in [6.07, 6.45) is 5.92. The molecule has 0 bridgehead atoms. The predicted molar refractivity (Wildman–Crippen MR) is 292 cm³/mol. The topological polar surface area (TPSA) is 241 Å². The first kappa shape index (κ1) is 55.6. The Balaban J connectivity index is 0.946. The smallest absolute Gasteiger partial charge is 0.481 e. The number of carbonyl (C=O) groups is 4. The van der Waals surface area contributed by atoms with Crippen LogP contribution in [0.3, 0.4) is 0 Å². The summed E-state index contributed by atoms with van der Waals surface area (Å²) in [5.41, 5.74) is 1.86. The summed E-state index contributed by atoms with van der Waals surface area (Å²) in [5, 5.41) is 42.0. The van der Waals surface area contributed by atoms with Gasteiger partial charge in [-0.1, -0.05) is 85.7 Å². The molecule has 1 aliphatic carbocycles. The molecule has 2 aliphatic rings. The third kappa shape index (κ3) is 12.3. The van der Waals surface area contributed by atoms with Gasteiger partial charge in [0.05, 0.1) is 29.4 Å². The average Bonchev–Trinajstić information content (AvgIpc) is 4.08. The highest BCUT2D eigenvalue weighted by atomic mass is 16.7. The normalized spacial score (nSPS) is 19.5. The van der Waals surface area contributed by atoms with Crippen molar-refractivity contribution in [1.29, 1.82) is 0 Å². The van der Waals surface area contributed by atoms with Gasteiger partial charge in [-0.15, -0.1) is 10.2 Å². The lowest BCUT2D eigenvalue weighted by Gasteiger charge is -2.54. The number of aromatic nitrogens is 5. The maximum absolute atomic E-state index is 14.4. The Bertz CT molecular complexity index is 3030. The van der Waals surface area contributed by atoms with Crippen LogP contribution < -0.4 is 26.0 Å². The van der Waals surface area contributed by atoms with Crippen molar-refractivity contribution in [2.24, 2.45) is 23.2 Å². The number of amides is 4. The van der Waals surface area contributed by atoms with Crippen LogP contribution in [0.4, 0.5) is 0 Å². The lowest BCUT2D eigenvalue weighted by molar-refractivity contribution is -0.125. The van der Waals surface area contributed by atoms with Crippen molar-refractivity contribution in [3.05, 3.63) is 138 Å². The molecule has 0 unspecified atom stereocenters. The molecule has 0 radical (unpaired) electrons. The molecule has 18 nitrogen and oxygen atoms in total. The molecule has 1 aliphatic heterocycles. The van der Waals surface area contributed by atoms with E-state index in [1.165, 1.54) is 24.7 Å². The van der Waals surface area contributed by atoms with Crippen molar-refractivity contribution >= 4 is 30.7 Å². The lowest BCUT2D eigenvalue weighted by atomic mass is 9.55. The van der Waals surface area contributed by atoms with E-state index in [-0.39, 0.29) is 82.3 Å². The Morgan fingerprint density at radius 2 is 1.55 bits per heavy atom. The number of ether oxygens (including phenoxy) is 1. The van der Waals surface area contributed by atoms with Gasteiger partial charge in [-0.05, 0) is 121 Å². The van der Waals surface area contributed by atoms with Gasteiger partial charge in [0.25, 0.3) is 17.7 Å². The number of phenolic OH excluding ortho intramolecular Hbond substituents is 2. The van der Waals surface area contributed by atoms with Gasteiger partial charge < -0.3 is 45.5 Å². The van der Waals surface area contributed by atoms with E-state index in [4.69, 9.17) is 14.0 Å². The number of aromatic hydroxyl groups is 2. The number of nitrogens with zero attached hydrogens (tertiary/aromatic N) is 5. The van der Waals surface area contributed by atoms with Crippen LogP contribution >= 0.6 is 0 Å². The van der Waals surface area contributed by atoms with Crippen molar-refractivity contribution in [2.75, 3.05) is 13.1 Å². The van der Waals surface area contributed by atoms with Crippen LogP contribution in [0.5, 0.6) is 23.0 Å². The molecule has 8 rings (SSSR count). The monoisotopic (exact) mass is 1050 g/mol. The SMILES string of the molecule is CCNC(=O)c1nnc(-c2cc(C(C)C)c(O)cc2O)n1-c1ccc(Oc2ccc(C(=O)NCC[C@]34OB([C@@H](CC(C)C)NC(=O)[C@H](Cc5ccccc5)NC(=O)c5cnccn5)O[C@H]3C[C@@H](C)C(C)(C)[C@@H]4C)cc2)cc1. The van der Waals surface area contributed by atoms with Crippen LogP contribution in [0.25, 0.3) is 17.1 Å². The summed E-state index contributed by atoms with van der Waals surface area (Å²) >= 11 is 0. The highest BCUT2D eigenvalue weighted by Gasteiger charge is 2.63. The quantitative estimate of drug-likeness (QED) is 0.0394. The van der Waals surface area contributed by atoms with E-state index in [1.54, 1.807) is 66.1 Å². The minimum atomic E-state index is -0.939. The first-order valence-corrected chi connectivity index (χ1v) is 26.5. The fraction of sp³-hybridized carbons (Fsp3) is 0.414. The summed E-state index contributed by atoms with van der Waals surface area (Å²) in [5.74, 6) is -0.910. The van der Waals surface area contributed by atoms with Crippen LogP contribution in [-0.4, -0.2) is 102 Å². The number of hydrogen-bond donors (Lipinski definition) is 6. The molecule has 2 fully saturated rings. The summed E-state index contributed by atoms with van der Waals surface area (Å²) in [7, 11) is -0.800. The summed E-state index contributed by atoms with van der Waals surface area (Å²) in [6.45, 7) is 19.4. The van der Waals surface area contributed by atoms with Crippen LogP contribution in [-0.2, 0) is 20.5 Å². The minimum absolute atomic E-state index is 0.00416. The third-order valence-electron chi connectivity index (χ3n) is 15.4. The van der Waals surface area contributed by atoms with Gasteiger partial charge in [0, 0.05) is 49.2 Å². The van der Waals surface area contributed by atoms with Crippen molar-refractivity contribution in [1.82, 2.24) is 46.0 Å². The van der Waals surface area contributed by atoms with Gasteiger partial charge in [0.15, 0.2) is 5.82 Å². The van der Waals surface area contributed by atoms with E-state index >= 15 is 0 Å². The van der Waals surface area contributed by atoms with Gasteiger partial charge in [0.2, 0.25) is 11.7 Å². The second-order valence-electron chi connectivity index (χ2n) is 21.5. The number of phenols is 2. The van der Waals surface area contributed by atoms with E-state index in [1.807, 2.05) is 44.2 Å².